The molecule has 0 bridgehead atoms. The molecule has 0 saturated carbocycles. The molecule has 0 fully saturated rings. The summed E-state index contributed by atoms with van der Waals surface area (Å²) in [7, 11) is 0. The van der Waals surface area contributed by atoms with Crippen LogP contribution in [0.3, 0.4) is 0 Å². The number of carbonyl (C=O) groups is 2. The quantitative estimate of drug-likeness (QED) is 0.211. The maximum Gasteiger partial charge on any atom is 0.419 e. The summed E-state index contributed by atoms with van der Waals surface area (Å²) in [4.78, 5) is 24.9. The minimum absolute atomic E-state index is 0.0374. The zero-order valence-corrected chi connectivity index (χ0v) is 21.6. The van der Waals surface area contributed by atoms with Crippen molar-refractivity contribution in [1.82, 2.24) is 14.9 Å². The van der Waals surface area contributed by atoms with Crippen molar-refractivity contribution in [2.24, 2.45) is 0 Å². The maximum absolute atomic E-state index is 14.3. The number of alkyl halides is 3. The number of aromatic carboxylic acids is 1. The van der Waals surface area contributed by atoms with Gasteiger partial charge in [-0.15, -0.1) is 0 Å². The van der Waals surface area contributed by atoms with Crippen LogP contribution >= 0.6 is 0 Å². The first-order chi connectivity index (χ1) is 19.5. The highest BCUT2D eigenvalue weighted by Crippen LogP contribution is 2.33. The molecule has 0 radical (unpaired) electrons. The van der Waals surface area contributed by atoms with E-state index in [2.05, 4.69) is 10.4 Å². The number of fused-ring (bicyclic) bond motifs is 1. The zero-order chi connectivity index (χ0) is 29.3. The van der Waals surface area contributed by atoms with Crippen LogP contribution in [-0.2, 0) is 12.6 Å². The molecule has 2 heterocycles. The van der Waals surface area contributed by atoms with Gasteiger partial charge < -0.3 is 10.4 Å². The lowest BCUT2D eigenvalue weighted by atomic mass is 9.99. The van der Waals surface area contributed by atoms with E-state index in [1.54, 1.807) is 31.3 Å². The molecule has 0 aliphatic rings. The van der Waals surface area contributed by atoms with Crippen LogP contribution in [0, 0.1) is 5.82 Å². The Morgan fingerprint density at radius 2 is 1.68 bits per heavy atom. The molecule has 1 amide bonds. The highest BCUT2D eigenvalue weighted by molar-refractivity contribution is 6.03. The molecule has 0 aliphatic carbocycles. The van der Waals surface area contributed by atoms with E-state index in [4.69, 9.17) is 5.11 Å². The van der Waals surface area contributed by atoms with Gasteiger partial charge in [0.25, 0.3) is 5.91 Å². The third-order valence-corrected chi connectivity index (χ3v) is 6.78. The lowest BCUT2D eigenvalue weighted by Gasteiger charge is -2.16. The molecular formula is C31H23F4N3O3. The smallest absolute Gasteiger partial charge is 0.419 e. The van der Waals surface area contributed by atoms with Crippen LogP contribution in [0.25, 0.3) is 16.6 Å². The van der Waals surface area contributed by atoms with E-state index < -0.39 is 35.5 Å². The molecule has 1 atom stereocenters. The Labute approximate surface area is 231 Å². The highest BCUT2D eigenvalue weighted by Gasteiger charge is 2.34. The number of nitrogens with one attached hydrogen (secondary N) is 1. The monoisotopic (exact) mass is 561 g/mol. The number of carboxylic acid groups (broad SMARTS) is 1. The lowest BCUT2D eigenvalue weighted by molar-refractivity contribution is -0.140. The molecule has 6 nitrogen and oxygen atoms in total. The average Bonchev–Trinajstić information content (AvgIpc) is 3.34. The number of carbonyl (C=O) groups excluding carboxylic acids is 1. The molecule has 3 aromatic carbocycles. The van der Waals surface area contributed by atoms with Gasteiger partial charge in [-0.1, -0.05) is 48.5 Å². The molecule has 1 unspecified atom stereocenters. The third kappa shape index (κ3) is 5.81. The Bertz CT molecular complexity index is 1750. The number of hydrogen-bond acceptors (Lipinski definition) is 3. The fraction of sp³-hybridized carbons (Fsp3) is 0.129. The van der Waals surface area contributed by atoms with Crippen molar-refractivity contribution in [2.45, 2.75) is 25.6 Å². The molecule has 5 aromatic rings. The Hall–Kier alpha value is -4.99. The summed E-state index contributed by atoms with van der Waals surface area (Å²) in [6.45, 7) is 1.76. The van der Waals surface area contributed by atoms with Crippen LogP contribution in [0.15, 0.2) is 91.3 Å². The van der Waals surface area contributed by atoms with Crippen LogP contribution in [0.1, 0.15) is 55.9 Å². The highest BCUT2D eigenvalue weighted by atomic mass is 19.4. The van der Waals surface area contributed by atoms with Crippen molar-refractivity contribution in [2.75, 3.05) is 0 Å². The van der Waals surface area contributed by atoms with Crippen molar-refractivity contribution in [3.05, 3.63) is 130 Å². The SMILES string of the molecule is CC(NC(=O)c1cc(-c2ccccc2)cn2ncc(Cc3ccc(C(F)(F)F)c(F)c3)c12)c1ccc(C(=O)O)cc1. The summed E-state index contributed by atoms with van der Waals surface area (Å²) < 4.78 is 54.9. The van der Waals surface area contributed by atoms with Crippen molar-refractivity contribution < 1.29 is 32.3 Å². The summed E-state index contributed by atoms with van der Waals surface area (Å²) in [6, 6.07) is 19.4. The number of pyridine rings is 1. The summed E-state index contributed by atoms with van der Waals surface area (Å²) >= 11 is 0. The molecular weight excluding hydrogens is 538 g/mol. The third-order valence-electron chi connectivity index (χ3n) is 6.78. The van der Waals surface area contributed by atoms with Gasteiger partial charge in [-0.2, -0.15) is 18.3 Å². The van der Waals surface area contributed by atoms with Crippen molar-refractivity contribution in [3.63, 3.8) is 0 Å². The molecule has 0 spiro atoms. The first-order valence-corrected chi connectivity index (χ1v) is 12.6. The number of carboxylic acids is 1. The van der Waals surface area contributed by atoms with Crippen LogP contribution in [0.5, 0.6) is 0 Å². The number of nitrogens with zero attached hydrogens (tertiary/aromatic N) is 2. The Balaban J connectivity index is 1.53. The number of benzene rings is 3. The predicted molar refractivity (Wildman–Crippen MR) is 144 cm³/mol. The second kappa shape index (κ2) is 10.9. The van der Waals surface area contributed by atoms with E-state index in [0.29, 0.717) is 28.3 Å². The standard InChI is InChI=1S/C31H23F4N3O3/c1-18(20-8-10-22(11-9-20)30(40)41)37-29(39)25-15-24(21-5-3-2-4-6-21)17-38-28(25)23(16-36-38)13-19-7-12-26(27(32)14-19)31(33,34)35/h2-12,14-18H,13H2,1H3,(H,37,39)(H,40,41). The van der Waals surface area contributed by atoms with Crippen LogP contribution in [-0.4, -0.2) is 26.6 Å². The second-order valence-electron chi connectivity index (χ2n) is 9.58. The Kier molecular flexibility index (Phi) is 7.32. The summed E-state index contributed by atoms with van der Waals surface area (Å²) in [6.07, 6.45) is -1.52. The van der Waals surface area contributed by atoms with Crippen LogP contribution in [0.2, 0.25) is 0 Å². The zero-order valence-electron chi connectivity index (χ0n) is 21.6. The Morgan fingerprint density at radius 3 is 2.32 bits per heavy atom. The lowest BCUT2D eigenvalue weighted by Crippen LogP contribution is -2.27. The van der Waals surface area contributed by atoms with Gasteiger partial charge in [0.1, 0.15) is 5.82 Å². The second-order valence-corrected chi connectivity index (χ2v) is 9.58. The number of hydrogen-bond donors (Lipinski definition) is 2. The van der Waals surface area contributed by atoms with Gasteiger partial charge >= 0.3 is 12.1 Å². The number of rotatable bonds is 7. The van der Waals surface area contributed by atoms with Gasteiger partial charge in [-0.3, -0.25) is 4.79 Å². The van der Waals surface area contributed by atoms with Crippen molar-refractivity contribution in [3.8, 4) is 11.1 Å². The maximum atomic E-state index is 14.3. The summed E-state index contributed by atoms with van der Waals surface area (Å²) in [5, 5.41) is 16.5. The summed E-state index contributed by atoms with van der Waals surface area (Å²) in [5.41, 5.74) is 2.50. The van der Waals surface area contributed by atoms with Crippen LogP contribution in [0.4, 0.5) is 17.6 Å². The van der Waals surface area contributed by atoms with Gasteiger partial charge in [-0.05, 0) is 53.9 Å². The molecule has 0 saturated heterocycles. The minimum atomic E-state index is -4.81. The normalized spacial score (nSPS) is 12.3. The first-order valence-electron chi connectivity index (χ1n) is 12.6. The molecule has 2 aromatic heterocycles. The van der Waals surface area contributed by atoms with E-state index in [-0.39, 0.29) is 23.1 Å². The average molecular weight is 562 g/mol. The van der Waals surface area contributed by atoms with Crippen molar-refractivity contribution >= 4 is 17.4 Å². The van der Waals surface area contributed by atoms with E-state index >= 15 is 0 Å². The molecule has 5 rings (SSSR count). The van der Waals surface area contributed by atoms with E-state index in [0.717, 1.165) is 11.6 Å². The molecule has 10 heteroatoms. The minimum Gasteiger partial charge on any atom is -0.478 e. The molecule has 0 aliphatic heterocycles. The van der Waals surface area contributed by atoms with Crippen LogP contribution < -0.4 is 5.32 Å². The largest absolute Gasteiger partial charge is 0.478 e. The molecule has 2 N–H and O–H groups in total. The van der Waals surface area contributed by atoms with Gasteiger partial charge in [0, 0.05) is 23.7 Å². The number of amides is 1. The van der Waals surface area contributed by atoms with E-state index in [9.17, 15) is 27.2 Å². The van der Waals surface area contributed by atoms with Gasteiger partial charge in [0.2, 0.25) is 0 Å². The number of aromatic nitrogens is 2. The van der Waals surface area contributed by atoms with Gasteiger partial charge in [0.15, 0.2) is 0 Å². The fourth-order valence-corrected chi connectivity index (χ4v) is 4.67. The number of halogens is 4. The summed E-state index contributed by atoms with van der Waals surface area (Å²) in [5.74, 6) is -2.88. The van der Waals surface area contributed by atoms with E-state index in [1.165, 1.54) is 28.9 Å². The van der Waals surface area contributed by atoms with Gasteiger partial charge in [0.05, 0.1) is 34.4 Å². The van der Waals surface area contributed by atoms with Gasteiger partial charge in [-0.25, -0.2) is 13.7 Å². The first kappa shape index (κ1) is 27.6. The Morgan fingerprint density at radius 1 is 0.976 bits per heavy atom. The molecule has 208 valence electrons. The molecule has 41 heavy (non-hydrogen) atoms. The fourth-order valence-electron chi connectivity index (χ4n) is 4.67. The van der Waals surface area contributed by atoms with E-state index in [1.807, 2.05) is 30.3 Å². The topological polar surface area (TPSA) is 83.7 Å². The van der Waals surface area contributed by atoms with Crippen molar-refractivity contribution in [1.29, 1.82) is 0 Å². The predicted octanol–water partition coefficient (Wildman–Crippen LogP) is 6.94.